The second-order valence-corrected chi connectivity index (χ2v) is 8.73. The van der Waals surface area contributed by atoms with Gasteiger partial charge in [0, 0.05) is 23.3 Å². The van der Waals surface area contributed by atoms with Gasteiger partial charge in [-0.15, -0.1) is 0 Å². The number of fused-ring (bicyclic) bond motifs is 1. The van der Waals surface area contributed by atoms with Crippen molar-refractivity contribution < 1.29 is 18.5 Å². The van der Waals surface area contributed by atoms with Gasteiger partial charge in [0.05, 0.1) is 22.9 Å². The van der Waals surface area contributed by atoms with Gasteiger partial charge in [-0.25, -0.2) is 14.4 Å². The lowest BCUT2D eigenvalue weighted by molar-refractivity contribution is -0.136. The van der Waals surface area contributed by atoms with E-state index in [0.717, 1.165) is 5.69 Å². The first-order valence-corrected chi connectivity index (χ1v) is 9.54. The van der Waals surface area contributed by atoms with Crippen LogP contribution in [-0.4, -0.2) is 31.0 Å². The number of hydrogen-bond acceptors (Lipinski definition) is 5. The van der Waals surface area contributed by atoms with Gasteiger partial charge in [-0.3, -0.25) is 9.00 Å². The van der Waals surface area contributed by atoms with Crippen molar-refractivity contribution >= 4 is 28.3 Å². The molecule has 0 fully saturated rings. The highest BCUT2D eigenvalue weighted by atomic mass is 32.2. The fourth-order valence-corrected chi connectivity index (χ4v) is 3.99. The fourth-order valence-electron chi connectivity index (χ4n) is 2.69. The molecule has 3 rings (SSSR count). The standard InChI is InChI=1S/C18H20FN3O3S/c1-18(2,3)17-21-13-6-7-26(25)15(13)16(22-17)20-11-5-4-10(8-14(23)24)12(19)9-11/h4-5,9H,6-8H2,1-3H3,(H,23,24)(H,20,21,22). The van der Waals surface area contributed by atoms with E-state index in [4.69, 9.17) is 5.11 Å². The summed E-state index contributed by atoms with van der Waals surface area (Å²) in [5, 5.41) is 11.8. The number of carboxylic acids is 1. The predicted molar refractivity (Wildman–Crippen MR) is 96.7 cm³/mol. The number of carbonyl (C=O) groups is 1. The third kappa shape index (κ3) is 3.75. The number of nitrogens with one attached hydrogen (secondary N) is 1. The van der Waals surface area contributed by atoms with Gasteiger partial charge in [0.1, 0.15) is 16.5 Å². The van der Waals surface area contributed by atoms with Gasteiger partial charge in [0.25, 0.3) is 0 Å². The Labute approximate surface area is 153 Å². The normalized spacial score (nSPS) is 16.4. The molecule has 26 heavy (non-hydrogen) atoms. The molecule has 1 unspecified atom stereocenters. The zero-order valence-corrected chi connectivity index (χ0v) is 15.6. The lowest BCUT2D eigenvalue weighted by atomic mass is 9.95. The summed E-state index contributed by atoms with van der Waals surface area (Å²) in [5.74, 6) is -0.163. The Bertz CT molecular complexity index is 909. The summed E-state index contributed by atoms with van der Waals surface area (Å²) < 4.78 is 26.5. The summed E-state index contributed by atoms with van der Waals surface area (Å²) in [5.41, 5.74) is 0.997. The quantitative estimate of drug-likeness (QED) is 0.851. The number of hydrogen-bond donors (Lipinski definition) is 2. The van der Waals surface area contributed by atoms with Crippen LogP contribution in [0.2, 0.25) is 0 Å². The van der Waals surface area contributed by atoms with Gasteiger partial charge < -0.3 is 10.4 Å². The number of anilines is 2. The molecule has 0 spiro atoms. The summed E-state index contributed by atoms with van der Waals surface area (Å²) in [7, 11) is -1.19. The molecule has 1 aliphatic rings. The van der Waals surface area contributed by atoms with Crippen molar-refractivity contribution in [3.8, 4) is 0 Å². The average Bonchev–Trinajstić information content (AvgIpc) is 2.90. The first kappa shape index (κ1) is 18.4. The van der Waals surface area contributed by atoms with Gasteiger partial charge in [0.2, 0.25) is 0 Å². The highest BCUT2D eigenvalue weighted by Crippen LogP contribution is 2.32. The molecule has 8 heteroatoms. The van der Waals surface area contributed by atoms with E-state index in [-0.39, 0.29) is 17.4 Å². The van der Waals surface area contributed by atoms with E-state index < -0.39 is 22.6 Å². The number of aliphatic carboxylic acids is 1. The second kappa shape index (κ2) is 6.75. The van der Waals surface area contributed by atoms with Gasteiger partial charge in [-0.05, 0) is 17.7 Å². The van der Waals surface area contributed by atoms with Crippen LogP contribution in [0.3, 0.4) is 0 Å². The number of nitrogens with zero attached hydrogens (tertiary/aromatic N) is 2. The zero-order valence-electron chi connectivity index (χ0n) is 14.8. The third-order valence-electron chi connectivity index (χ3n) is 4.02. The lowest BCUT2D eigenvalue weighted by Gasteiger charge is -2.19. The second-order valence-electron chi connectivity index (χ2n) is 7.22. The van der Waals surface area contributed by atoms with Crippen LogP contribution in [0.5, 0.6) is 0 Å². The Hall–Kier alpha value is -2.35. The van der Waals surface area contributed by atoms with Gasteiger partial charge >= 0.3 is 5.97 Å². The summed E-state index contributed by atoms with van der Waals surface area (Å²) in [6.07, 6.45) is 0.237. The molecular weight excluding hydrogens is 357 g/mol. The summed E-state index contributed by atoms with van der Waals surface area (Å²) >= 11 is 0. The zero-order chi connectivity index (χ0) is 19.1. The monoisotopic (exact) mass is 377 g/mol. The SMILES string of the molecule is CC(C)(C)c1nc2c(c(Nc3ccc(CC(=O)O)c(F)c3)n1)S(=O)CC2. The summed E-state index contributed by atoms with van der Waals surface area (Å²) in [6, 6.07) is 4.24. The van der Waals surface area contributed by atoms with Crippen LogP contribution >= 0.6 is 0 Å². The minimum Gasteiger partial charge on any atom is -0.481 e. The van der Waals surface area contributed by atoms with Crippen molar-refractivity contribution in [2.75, 3.05) is 11.1 Å². The number of aryl methyl sites for hydroxylation is 1. The van der Waals surface area contributed by atoms with E-state index >= 15 is 0 Å². The summed E-state index contributed by atoms with van der Waals surface area (Å²) in [6.45, 7) is 5.97. The molecule has 0 bridgehead atoms. The molecule has 0 saturated carbocycles. The van der Waals surface area contributed by atoms with Crippen LogP contribution < -0.4 is 5.32 Å². The Morgan fingerprint density at radius 1 is 1.35 bits per heavy atom. The molecule has 0 aliphatic carbocycles. The topological polar surface area (TPSA) is 92.2 Å². The van der Waals surface area contributed by atoms with Crippen molar-refractivity contribution in [3.05, 3.63) is 41.1 Å². The number of carboxylic acid groups (broad SMARTS) is 1. The van der Waals surface area contributed by atoms with Crippen molar-refractivity contribution in [2.24, 2.45) is 0 Å². The molecule has 2 heterocycles. The van der Waals surface area contributed by atoms with E-state index in [0.29, 0.717) is 34.4 Å². The molecule has 138 valence electrons. The fraction of sp³-hybridized carbons (Fsp3) is 0.389. The molecule has 2 N–H and O–H groups in total. The van der Waals surface area contributed by atoms with Crippen LogP contribution in [0, 0.1) is 5.82 Å². The largest absolute Gasteiger partial charge is 0.481 e. The van der Waals surface area contributed by atoms with Crippen LogP contribution in [0.25, 0.3) is 0 Å². The molecule has 1 aromatic carbocycles. The summed E-state index contributed by atoms with van der Waals surface area (Å²) in [4.78, 5) is 20.4. The molecule has 6 nitrogen and oxygen atoms in total. The first-order chi connectivity index (χ1) is 12.1. The molecular formula is C18H20FN3O3S. The molecule has 1 atom stereocenters. The maximum atomic E-state index is 14.1. The maximum absolute atomic E-state index is 14.1. The number of halogens is 1. The van der Waals surface area contributed by atoms with E-state index in [1.165, 1.54) is 12.1 Å². The predicted octanol–water partition coefficient (Wildman–Crippen LogP) is 2.95. The van der Waals surface area contributed by atoms with Crippen LogP contribution in [0.4, 0.5) is 15.9 Å². The van der Waals surface area contributed by atoms with Crippen LogP contribution in [-0.2, 0) is 33.9 Å². The van der Waals surface area contributed by atoms with E-state index in [2.05, 4.69) is 15.3 Å². The maximum Gasteiger partial charge on any atom is 0.307 e. The Kier molecular flexibility index (Phi) is 4.79. The van der Waals surface area contributed by atoms with Gasteiger partial charge in [0.15, 0.2) is 5.82 Å². The Morgan fingerprint density at radius 2 is 2.08 bits per heavy atom. The van der Waals surface area contributed by atoms with Gasteiger partial charge in [-0.1, -0.05) is 26.8 Å². The minimum absolute atomic E-state index is 0.106. The van der Waals surface area contributed by atoms with Crippen molar-refractivity contribution in [1.29, 1.82) is 0 Å². The van der Waals surface area contributed by atoms with Crippen molar-refractivity contribution in [3.63, 3.8) is 0 Å². The lowest BCUT2D eigenvalue weighted by Crippen LogP contribution is -2.18. The molecule has 1 aliphatic heterocycles. The van der Waals surface area contributed by atoms with Crippen molar-refractivity contribution in [1.82, 2.24) is 9.97 Å². The van der Waals surface area contributed by atoms with Crippen LogP contribution in [0.1, 0.15) is 37.9 Å². The molecule has 0 saturated heterocycles. The van der Waals surface area contributed by atoms with Crippen LogP contribution in [0.15, 0.2) is 23.1 Å². The van der Waals surface area contributed by atoms with Gasteiger partial charge in [-0.2, -0.15) is 0 Å². The first-order valence-electron chi connectivity index (χ1n) is 8.22. The molecule has 2 aromatic rings. The van der Waals surface area contributed by atoms with E-state index in [9.17, 15) is 13.4 Å². The smallest absolute Gasteiger partial charge is 0.307 e. The Balaban J connectivity index is 1.99. The highest BCUT2D eigenvalue weighted by molar-refractivity contribution is 7.85. The average molecular weight is 377 g/mol. The Morgan fingerprint density at radius 3 is 2.69 bits per heavy atom. The number of rotatable bonds is 4. The van der Waals surface area contributed by atoms with Crippen molar-refractivity contribution in [2.45, 2.75) is 43.9 Å². The minimum atomic E-state index is -1.19. The molecule has 0 amide bonds. The van der Waals surface area contributed by atoms with E-state index in [1.54, 1.807) is 6.07 Å². The van der Waals surface area contributed by atoms with E-state index in [1.807, 2.05) is 20.8 Å². The number of aromatic nitrogens is 2. The third-order valence-corrected chi connectivity index (χ3v) is 5.48. The number of benzene rings is 1. The highest BCUT2D eigenvalue weighted by Gasteiger charge is 2.29. The molecule has 1 aromatic heterocycles. The molecule has 0 radical (unpaired) electrons.